The molecule has 0 amide bonds. The van der Waals surface area contributed by atoms with Gasteiger partial charge >= 0.3 is 0 Å². The number of benzene rings is 2. The average molecular weight is 284 g/mol. The first kappa shape index (κ1) is 13.1. The lowest BCUT2D eigenvalue weighted by Gasteiger charge is -2.18. The minimum atomic E-state index is -0.157. The summed E-state index contributed by atoms with van der Waals surface area (Å²) < 4.78 is 0. The maximum Gasteiger partial charge on any atom is 0.0725 e. The highest BCUT2D eigenvalue weighted by molar-refractivity contribution is 6.31. The molecular weight excluding hydrogens is 270 g/mol. The van der Waals surface area contributed by atoms with Crippen LogP contribution in [0, 0.1) is 0 Å². The molecule has 4 heteroatoms. The molecule has 0 saturated carbocycles. The lowest BCUT2D eigenvalue weighted by atomic mass is 9.97. The predicted molar refractivity (Wildman–Crippen MR) is 82.4 cm³/mol. The normalized spacial score (nSPS) is 12.5. The highest BCUT2D eigenvalue weighted by Crippen LogP contribution is 2.28. The van der Waals surface area contributed by atoms with Gasteiger partial charge < -0.3 is 0 Å². The highest BCUT2D eigenvalue weighted by Gasteiger charge is 2.15. The summed E-state index contributed by atoms with van der Waals surface area (Å²) in [4.78, 5) is 4.00. The number of hydrogen-bond donors (Lipinski definition) is 2. The zero-order valence-electron chi connectivity index (χ0n) is 10.8. The number of hydrogen-bond acceptors (Lipinski definition) is 3. The molecule has 0 aliphatic heterocycles. The fraction of sp³-hybridized carbons (Fsp3) is 0.0625. The van der Waals surface area contributed by atoms with Gasteiger partial charge in [0.1, 0.15) is 0 Å². The zero-order chi connectivity index (χ0) is 13.9. The summed E-state index contributed by atoms with van der Waals surface area (Å²) in [7, 11) is 0. The van der Waals surface area contributed by atoms with E-state index in [1.54, 1.807) is 12.4 Å². The first-order valence-corrected chi connectivity index (χ1v) is 6.71. The van der Waals surface area contributed by atoms with Gasteiger partial charge in [0.2, 0.25) is 0 Å². The van der Waals surface area contributed by atoms with E-state index >= 15 is 0 Å². The molecule has 3 rings (SSSR count). The Bertz CT molecular complexity index is 742. The molecule has 1 unspecified atom stereocenters. The fourth-order valence-electron chi connectivity index (χ4n) is 2.37. The molecule has 20 heavy (non-hydrogen) atoms. The van der Waals surface area contributed by atoms with Gasteiger partial charge in [0, 0.05) is 12.4 Å². The zero-order valence-corrected chi connectivity index (χ0v) is 11.5. The number of pyridine rings is 1. The quantitative estimate of drug-likeness (QED) is 0.572. The van der Waals surface area contributed by atoms with Crippen molar-refractivity contribution in [3.63, 3.8) is 0 Å². The van der Waals surface area contributed by atoms with Crippen molar-refractivity contribution in [2.75, 3.05) is 0 Å². The number of rotatable bonds is 3. The van der Waals surface area contributed by atoms with Crippen molar-refractivity contribution in [1.29, 1.82) is 0 Å². The van der Waals surface area contributed by atoms with Gasteiger partial charge in [-0.1, -0.05) is 48.0 Å². The van der Waals surface area contributed by atoms with E-state index in [9.17, 15) is 0 Å². The Morgan fingerprint density at radius 2 is 1.85 bits per heavy atom. The van der Waals surface area contributed by atoms with Crippen LogP contribution in [0.15, 0.2) is 60.9 Å². The Labute approximate surface area is 122 Å². The van der Waals surface area contributed by atoms with Gasteiger partial charge in [0.05, 0.1) is 11.1 Å². The molecule has 0 aliphatic rings. The van der Waals surface area contributed by atoms with Crippen LogP contribution < -0.4 is 11.3 Å². The van der Waals surface area contributed by atoms with Crippen molar-refractivity contribution in [1.82, 2.24) is 10.4 Å². The number of nitrogens with zero attached hydrogens (tertiary/aromatic N) is 1. The van der Waals surface area contributed by atoms with Gasteiger partial charge in [-0.2, -0.15) is 0 Å². The van der Waals surface area contributed by atoms with Gasteiger partial charge in [-0.05, 0) is 34.0 Å². The summed E-state index contributed by atoms with van der Waals surface area (Å²) in [5.74, 6) is 5.72. The van der Waals surface area contributed by atoms with E-state index in [4.69, 9.17) is 17.4 Å². The van der Waals surface area contributed by atoms with Crippen LogP contribution in [0.3, 0.4) is 0 Å². The number of hydrazine groups is 1. The molecular formula is C16H14ClN3. The Hall–Kier alpha value is -1.94. The molecule has 1 atom stereocenters. The number of fused-ring (bicyclic) bond motifs is 1. The Kier molecular flexibility index (Phi) is 3.65. The summed E-state index contributed by atoms with van der Waals surface area (Å²) in [5.41, 5.74) is 4.81. The molecule has 0 bridgehead atoms. The molecule has 0 radical (unpaired) electrons. The first-order valence-electron chi connectivity index (χ1n) is 6.34. The molecule has 0 spiro atoms. The minimum Gasteiger partial charge on any atom is -0.271 e. The molecule has 0 fully saturated rings. The summed E-state index contributed by atoms with van der Waals surface area (Å²) >= 11 is 6.21. The SMILES string of the molecule is NNC(c1ccc2ccccc2c1)c1ccncc1Cl. The van der Waals surface area contributed by atoms with E-state index in [0.717, 1.165) is 11.1 Å². The molecule has 1 heterocycles. The Balaban J connectivity index is 2.10. The van der Waals surface area contributed by atoms with Crippen molar-refractivity contribution in [2.45, 2.75) is 6.04 Å². The van der Waals surface area contributed by atoms with Crippen molar-refractivity contribution in [3.8, 4) is 0 Å². The van der Waals surface area contributed by atoms with Crippen molar-refractivity contribution < 1.29 is 0 Å². The predicted octanol–water partition coefficient (Wildman–Crippen LogP) is 3.44. The maximum atomic E-state index is 6.21. The van der Waals surface area contributed by atoms with E-state index in [1.807, 2.05) is 18.2 Å². The largest absolute Gasteiger partial charge is 0.271 e. The summed E-state index contributed by atoms with van der Waals surface area (Å²) in [6.45, 7) is 0. The molecule has 1 aromatic heterocycles. The van der Waals surface area contributed by atoms with Crippen LogP contribution in [0.4, 0.5) is 0 Å². The highest BCUT2D eigenvalue weighted by atomic mass is 35.5. The number of halogens is 1. The van der Waals surface area contributed by atoms with Crippen LogP contribution in [-0.2, 0) is 0 Å². The molecule has 3 aromatic rings. The first-order chi connectivity index (χ1) is 9.79. The third kappa shape index (κ3) is 2.39. The molecule has 0 aliphatic carbocycles. The van der Waals surface area contributed by atoms with E-state index in [-0.39, 0.29) is 6.04 Å². The fourth-order valence-corrected chi connectivity index (χ4v) is 2.60. The van der Waals surface area contributed by atoms with E-state index in [1.165, 1.54) is 10.8 Å². The van der Waals surface area contributed by atoms with Crippen molar-refractivity contribution in [3.05, 3.63) is 77.1 Å². The van der Waals surface area contributed by atoms with Crippen LogP contribution >= 0.6 is 11.6 Å². The van der Waals surface area contributed by atoms with Gasteiger partial charge in [-0.15, -0.1) is 0 Å². The van der Waals surface area contributed by atoms with Crippen molar-refractivity contribution in [2.24, 2.45) is 5.84 Å². The summed E-state index contributed by atoms with van der Waals surface area (Å²) in [6.07, 6.45) is 3.34. The molecule has 3 N–H and O–H groups in total. The topological polar surface area (TPSA) is 50.9 Å². The number of nitrogens with one attached hydrogen (secondary N) is 1. The lowest BCUT2D eigenvalue weighted by molar-refractivity contribution is 0.637. The van der Waals surface area contributed by atoms with E-state index in [0.29, 0.717) is 5.02 Å². The monoisotopic (exact) mass is 283 g/mol. The number of aromatic nitrogens is 1. The third-order valence-corrected chi connectivity index (χ3v) is 3.70. The van der Waals surface area contributed by atoms with Crippen LogP contribution in [0.2, 0.25) is 5.02 Å². The molecule has 2 aromatic carbocycles. The van der Waals surface area contributed by atoms with Crippen LogP contribution in [-0.4, -0.2) is 4.98 Å². The molecule has 100 valence electrons. The van der Waals surface area contributed by atoms with Crippen LogP contribution in [0.25, 0.3) is 10.8 Å². The Morgan fingerprint density at radius 1 is 1.05 bits per heavy atom. The average Bonchev–Trinajstić information content (AvgIpc) is 2.50. The third-order valence-electron chi connectivity index (χ3n) is 3.39. The smallest absolute Gasteiger partial charge is 0.0725 e. The second-order valence-corrected chi connectivity index (χ2v) is 5.01. The maximum absolute atomic E-state index is 6.21. The summed E-state index contributed by atoms with van der Waals surface area (Å²) in [5, 5.41) is 2.98. The second-order valence-electron chi connectivity index (χ2n) is 4.60. The van der Waals surface area contributed by atoms with Crippen LogP contribution in [0.1, 0.15) is 17.2 Å². The van der Waals surface area contributed by atoms with Gasteiger partial charge in [-0.3, -0.25) is 10.8 Å². The van der Waals surface area contributed by atoms with Crippen molar-refractivity contribution >= 4 is 22.4 Å². The molecule has 3 nitrogen and oxygen atoms in total. The minimum absolute atomic E-state index is 0.157. The molecule has 0 saturated heterocycles. The van der Waals surface area contributed by atoms with E-state index in [2.05, 4.69) is 40.7 Å². The summed E-state index contributed by atoms with van der Waals surface area (Å²) in [6, 6.07) is 16.2. The standard InChI is InChI=1S/C16H14ClN3/c17-15-10-19-8-7-14(15)16(20-18)13-6-5-11-3-1-2-4-12(11)9-13/h1-10,16,20H,18H2. The van der Waals surface area contributed by atoms with Gasteiger partial charge in [-0.25, -0.2) is 5.43 Å². The van der Waals surface area contributed by atoms with Gasteiger partial charge in [0.25, 0.3) is 0 Å². The lowest BCUT2D eigenvalue weighted by Crippen LogP contribution is -2.29. The van der Waals surface area contributed by atoms with Gasteiger partial charge in [0.15, 0.2) is 0 Å². The second kappa shape index (κ2) is 5.59. The van der Waals surface area contributed by atoms with E-state index < -0.39 is 0 Å². The van der Waals surface area contributed by atoms with Crippen LogP contribution in [0.5, 0.6) is 0 Å². The Morgan fingerprint density at radius 3 is 2.60 bits per heavy atom. The number of nitrogens with two attached hydrogens (primary N) is 1.